The molecule has 0 aromatic carbocycles. The summed E-state index contributed by atoms with van der Waals surface area (Å²) >= 11 is 0. The summed E-state index contributed by atoms with van der Waals surface area (Å²) in [6.07, 6.45) is 1.29. The van der Waals surface area contributed by atoms with Crippen molar-refractivity contribution in [3.05, 3.63) is 0 Å². The molecule has 2 amide bonds. The normalized spacial score (nSPS) is 30.1. The first-order valence-corrected chi connectivity index (χ1v) is 4.20. The molecule has 0 aromatic heterocycles. The van der Waals surface area contributed by atoms with Gasteiger partial charge in [0.25, 0.3) is 0 Å². The van der Waals surface area contributed by atoms with Crippen LogP contribution in [-0.4, -0.2) is 71.6 Å². The van der Waals surface area contributed by atoms with Gasteiger partial charge in [-0.3, -0.25) is 19.3 Å². The van der Waals surface area contributed by atoms with Crippen LogP contribution in [-0.2, 0) is 14.4 Å². The number of carbonyl (C=O) groups is 3. The topological polar surface area (TPSA) is 74.7 Å². The number of fused-ring (bicyclic) bond motifs is 1. The van der Waals surface area contributed by atoms with Gasteiger partial charge in [-0.2, -0.15) is 0 Å². The van der Waals surface area contributed by atoms with E-state index in [0.29, 0.717) is 19.3 Å². The number of hydrogen-bond acceptors (Lipinski definition) is 3. The Balaban J connectivity index is 0.000000980. The summed E-state index contributed by atoms with van der Waals surface area (Å²) in [4.78, 5) is 34.2. The van der Waals surface area contributed by atoms with E-state index in [-0.39, 0.29) is 49.7 Å². The number of amides is 2. The summed E-state index contributed by atoms with van der Waals surface area (Å²) in [7, 11) is 0. The minimum atomic E-state index is -1.12. The Labute approximate surface area is 110 Å². The summed E-state index contributed by atoms with van der Waals surface area (Å²) in [6.45, 7) is 0. The van der Waals surface area contributed by atoms with Gasteiger partial charge < -0.3 is 5.11 Å². The van der Waals surface area contributed by atoms with E-state index < -0.39 is 17.8 Å². The first kappa shape index (κ1) is 11.9. The van der Waals surface area contributed by atoms with Crippen molar-refractivity contribution < 1.29 is 19.5 Å². The maximum absolute atomic E-state index is 11.4. The zero-order valence-corrected chi connectivity index (χ0v) is 6.90. The van der Waals surface area contributed by atoms with Gasteiger partial charge in [0, 0.05) is 12.5 Å². The molecule has 5 nitrogen and oxygen atoms in total. The number of imide groups is 1. The Kier molecular flexibility index (Phi) is 3.55. The molecule has 74 valence electrons. The maximum atomic E-state index is 11.4. The van der Waals surface area contributed by atoms with Gasteiger partial charge in [0.1, 0.15) is 5.92 Å². The van der Waals surface area contributed by atoms with E-state index in [1.807, 2.05) is 0 Å². The van der Waals surface area contributed by atoms with Crippen molar-refractivity contribution in [2.45, 2.75) is 25.3 Å². The third-order valence-electron chi connectivity index (χ3n) is 2.67. The predicted octanol–water partition coefficient (Wildman–Crippen LogP) is -1.31. The van der Waals surface area contributed by atoms with Gasteiger partial charge in [-0.25, -0.2) is 0 Å². The quantitative estimate of drug-likeness (QED) is 0.342. The molecule has 0 radical (unpaired) electrons. The van der Waals surface area contributed by atoms with Crippen molar-refractivity contribution in [1.29, 1.82) is 0 Å². The minimum absolute atomic E-state index is 0. The fourth-order valence-electron chi connectivity index (χ4n) is 2.02. The van der Waals surface area contributed by atoms with Gasteiger partial charge in [-0.05, 0) is 12.8 Å². The molecule has 2 saturated heterocycles. The summed E-state index contributed by atoms with van der Waals surface area (Å²) < 4.78 is 0. The fraction of sp³-hybridized carbons (Fsp3) is 0.625. The van der Waals surface area contributed by atoms with E-state index in [1.54, 1.807) is 0 Å². The molecule has 2 aliphatic heterocycles. The second-order valence-corrected chi connectivity index (χ2v) is 3.42. The number of carbonyl (C=O) groups excluding carboxylic acids is 2. The molecule has 1 N–H and O–H groups in total. The van der Waals surface area contributed by atoms with Gasteiger partial charge >= 0.3 is 43.7 Å². The number of hydrogen-bond donors (Lipinski definition) is 1. The van der Waals surface area contributed by atoms with Gasteiger partial charge in [0.2, 0.25) is 11.8 Å². The van der Waals surface area contributed by atoms with Crippen molar-refractivity contribution >= 4 is 55.5 Å². The fourth-order valence-corrected chi connectivity index (χ4v) is 2.02. The molecule has 0 saturated carbocycles. The Morgan fingerprint density at radius 3 is 2.57 bits per heavy atom. The standard InChI is InChI=1S/C8H9NO4.Ca.2H/c10-6-2-1-4-3-5(8(12)13)7(11)9(4)6;;;/h4-5H,1-3H2,(H,12,13);;;. The summed E-state index contributed by atoms with van der Waals surface area (Å²) in [6, 6.07) is -0.152. The Bertz CT molecular complexity index is 304. The Morgan fingerprint density at radius 1 is 1.43 bits per heavy atom. The van der Waals surface area contributed by atoms with Gasteiger partial charge in [0.15, 0.2) is 0 Å². The van der Waals surface area contributed by atoms with Crippen LogP contribution in [0, 0.1) is 5.92 Å². The number of rotatable bonds is 1. The van der Waals surface area contributed by atoms with Crippen molar-refractivity contribution in [2.75, 3.05) is 0 Å². The third-order valence-corrected chi connectivity index (χ3v) is 2.67. The zero-order valence-electron chi connectivity index (χ0n) is 6.90. The second kappa shape index (κ2) is 4.16. The number of carboxylic acids is 1. The molecule has 0 spiro atoms. The second-order valence-electron chi connectivity index (χ2n) is 3.42. The molecule has 0 aromatic rings. The van der Waals surface area contributed by atoms with Crippen molar-refractivity contribution in [1.82, 2.24) is 4.90 Å². The molecule has 0 bridgehead atoms. The molecule has 14 heavy (non-hydrogen) atoms. The van der Waals surface area contributed by atoms with Crippen LogP contribution in [0.5, 0.6) is 0 Å². The number of carboxylic acid groups (broad SMARTS) is 1. The van der Waals surface area contributed by atoms with Crippen LogP contribution in [0.15, 0.2) is 0 Å². The molecule has 2 atom stereocenters. The Morgan fingerprint density at radius 2 is 2.07 bits per heavy atom. The number of aliphatic carboxylic acids is 1. The van der Waals surface area contributed by atoms with Crippen molar-refractivity contribution in [3.63, 3.8) is 0 Å². The van der Waals surface area contributed by atoms with Gasteiger partial charge in [-0.1, -0.05) is 0 Å². The molecular weight excluding hydrogens is 214 g/mol. The van der Waals surface area contributed by atoms with Gasteiger partial charge in [-0.15, -0.1) is 0 Å². The first-order valence-electron chi connectivity index (χ1n) is 4.20. The van der Waals surface area contributed by atoms with Crippen LogP contribution in [0.3, 0.4) is 0 Å². The van der Waals surface area contributed by atoms with E-state index in [1.165, 1.54) is 0 Å². The van der Waals surface area contributed by atoms with Crippen LogP contribution >= 0.6 is 0 Å². The average molecular weight is 225 g/mol. The van der Waals surface area contributed by atoms with Crippen LogP contribution in [0.4, 0.5) is 0 Å². The van der Waals surface area contributed by atoms with Crippen LogP contribution in [0.1, 0.15) is 19.3 Å². The molecule has 0 aliphatic carbocycles. The van der Waals surface area contributed by atoms with E-state index in [2.05, 4.69) is 0 Å². The SMILES string of the molecule is O=C(O)C1CC2CCC(=O)N2C1=O.[CaH2]. The van der Waals surface area contributed by atoms with E-state index in [9.17, 15) is 14.4 Å². The average Bonchev–Trinajstić information content (AvgIpc) is 2.55. The Hall–Kier alpha value is -0.130. The molecule has 2 heterocycles. The van der Waals surface area contributed by atoms with E-state index >= 15 is 0 Å². The van der Waals surface area contributed by atoms with Crippen molar-refractivity contribution in [2.24, 2.45) is 5.92 Å². The first-order chi connectivity index (χ1) is 6.11. The molecule has 2 rings (SSSR count). The number of nitrogens with zero attached hydrogens (tertiary/aromatic N) is 1. The molecule has 2 unspecified atom stereocenters. The third kappa shape index (κ3) is 1.68. The zero-order chi connectivity index (χ0) is 9.59. The van der Waals surface area contributed by atoms with E-state index in [4.69, 9.17) is 5.11 Å². The molecule has 2 fully saturated rings. The van der Waals surface area contributed by atoms with Gasteiger partial charge in [0.05, 0.1) is 0 Å². The van der Waals surface area contributed by atoms with Crippen LogP contribution < -0.4 is 0 Å². The monoisotopic (exact) mass is 225 g/mol. The van der Waals surface area contributed by atoms with E-state index in [0.717, 1.165) is 4.90 Å². The summed E-state index contributed by atoms with van der Waals surface area (Å²) in [5.41, 5.74) is 0. The molecular formula is C8H11CaNO4. The predicted molar refractivity (Wildman–Crippen MR) is 49.2 cm³/mol. The molecule has 6 heteroatoms. The summed E-state index contributed by atoms with van der Waals surface area (Å²) in [5, 5.41) is 8.67. The molecule has 2 aliphatic rings. The van der Waals surface area contributed by atoms with Crippen LogP contribution in [0.2, 0.25) is 0 Å². The van der Waals surface area contributed by atoms with Crippen LogP contribution in [0.25, 0.3) is 0 Å². The van der Waals surface area contributed by atoms with Crippen molar-refractivity contribution in [3.8, 4) is 0 Å². The summed E-state index contributed by atoms with van der Waals surface area (Å²) in [5.74, 6) is -2.86.